The summed E-state index contributed by atoms with van der Waals surface area (Å²) in [5.41, 5.74) is 0. The Bertz CT molecular complexity index is 115. The molecule has 0 aromatic carbocycles. The van der Waals surface area contributed by atoms with Gasteiger partial charge in [0.2, 0.25) is 0 Å². The summed E-state index contributed by atoms with van der Waals surface area (Å²) >= 11 is 0. The van der Waals surface area contributed by atoms with Crippen LogP contribution in [-0.4, -0.2) is 44.3 Å². The SMILES string of the molecule is COCC(C)O.O=C1OCCO1. The van der Waals surface area contributed by atoms with Crippen LogP contribution in [0.25, 0.3) is 0 Å². The number of hydrogen-bond donors (Lipinski definition) is 1. The zero-order valence-corrected chi connectivity index (χ0v) is 7.28. The van der Waals surface area contributed by atoms with Crippen molar-refractivity contribution in [3.05, 3.63) is 0 Å². The quantitative estimate of drug-likeness (QED) is 0.610. The van der Waals surface area contributed by atoms with E-state index in [0.29, 0.717) is 19.8 Å². The molecular formula is C7H14O5. The van der Waals surface area contributed by atoms with Gasteiger partial charge in [0.15, 0.2) is 0 Å². The van der Waals surface area contributed by atoms with Gasteiger partial charge in [-0.15, -0.1) is 0 Å². The standard InChI is InChI=1S/C4H10O2.C3H4O3/c1-4(5)3-6-2;4-3-5-1-2-6-3/h4-5H,3H2,1-2H3;1-2H2. The molecule has 0 bridgehead atoms. The Morgan fingerprint density at radius 2 is 2.08 bits per heavy atom. The van der Waals surface area contributed by atoms with Crippen molar-refractivity contribution in [1.82, 2.24) is 0 Å². The number of hydrogen-bond acceptors (Lipinski definition) is 5. The molecule has 1 rings (SSSR count). The predicted molar refractivity (Wildman–Crippen MR) is 40.9 cm³/mol. The van der Waals surface area contributed by atoms with E-state index in [0.717, 1.165) is 0 Å². The second kappa shape index (κ2) is 6.87. The van der Waals surface area contributed by atoms with Gasteiger partial charge in [0.05, 0.1) is 12.7 Å². The Kier molecular flexibility index (Phi) is 6.41. The molecule has 5 heteroatoms. The highest BCUT2D eigenvalue weighted by molar-refractivity contribution is 5.61. The fraction of sp³-hybridized carbons (Fsp3) is 0.857. The molecule has 0 aromatic rings. The fourth-order valence-electron chi connectivity index (χ4n) is 0.533. The molecule has 72 valence electrons. The van der Waals surface area contributed by atoms with Crippen LogP contribution >= 0.6 is 0 Å². The summed E-state index contributed by atoms with van der Waals surface area (Å²) in [7, 11) is 1.56. The molecule has 1 atom stereocenters. The van der Waals surface area contributed by atoms with Gasteiger partial charge in [0.1, 0.15) is 13.2 Å². The Labute approximate surface area is 71.2 Å². The largest absolute Gasteiger partial charge is 0.508 e. The third-order valence-electron chi connectivity index (χ3n) is 0.931. The summed E-state index contributed by atoms with van der Waals surface area (Å²) in [6, 6.07) is 0. The van der Waals surface area contributed by atoms with Crippen molar-refractivity contribution in [2.45, 2.75) is 13.0 Å². The second-order valence-corrected chi connectivity index (χ2v) is 2.25. The van der Waals surface area contributed by atoms with Gasteiger partial charge in [-0.05, 0) is 6.92 Å². The van der Waals surface area contributed by atoms with Crippen LogP contribution in [0, 0.1) is 0 Å². The molecular weight excluding hydrogens is 164 g/mol. The van der Waals surface area contributed by atoms with Crippen LogP contribution in [0.4, 0.5) is 4.79 Å². The molecule has 0 saturated carbocycles. The summed E-state index contributed by atoms with van der Waals surface area (Å²) in [4.78, 5) is 9.80. The summed E-state index contributed by atoms with van der Waals surface area (Å²) < 4.78 is 13.1. The molecule has 12 heavy (non-hydrogen) atoms. The molecule has 1 unspecified atom stereocenters. The van der Waals surface area contributed by atoms with Crippen molar-refractivity contribution < 1.29 is 24.1 Å². The molecule has 1 aliphatic rings. The van der Waals surface area contributed by atoms with Gasteiger partial charge in [-0.2, -0.15) is 0 Å². The number of carbonyl (C=O) groups is 1. The van der Waals surface area contributed by atoms with E-state index in [2.05, 4.69) is 14.2 Å². The molecule has 1 aliphatic heterocycles. The maximum atomic E-state index is 9.80. The van der Waals surface area contributed by atoms with Crippen LogP contribution in [0.3, 0.4) is 0 Å². The van der Waals surface area contributed by atoms with Crippen LogP contribution in [-0.2, 0) is 14.2 Å². The second-order valence-electron chi connectivity index (χ2n) is 2.25. The molecule has 1 heterocycles. The lowest BCUT2D eigenvalue weighted by Crippen LogP contribution is -2.07. The topological polar surface area (TPSA) is 65.0 Å². The first kappa shape index (κ1) is 11.2. The maximum absolute atomic E-state index is 9.80. The van der Waals surface area contributed by atoms with E-state index in [1.54, 1.807) is 14.0 Å². The van der Waals surface area contributed by atoms with Gasteiger partial charge < -0.3 is 19.3 Å². The molecule has 1 N–H and O–H groups in total. The van der Waals surface area contributed by atoms with Gasteiger partial charge in [-0.3, -0.25) is 0 Å². The van der Waals surface area contributed by atoms with Crippen molar-refractivity contribution in [2.75, 3.05) is 26.9 Å². The lowest BCUT2D eigenvalue weighted by Gasteiger charge is -1.97. The van der Waals surface area contributed by atoms with Crippen LogP contribution < -0.4 is 0 Å². The summed E-state index contributed by atoms with van der Waals surface area (Å²) in [5.74, 6) is 0. The van der Waals surface area contributed by atoms with Crippen LogP contribution in [0.2, 0.25) is 0 Å². The van der Waals surface area contributed by atoms with Crippen LogP contribution in [0.5, 0.6) is 0 Å². The zero-order valence-electron chi connectivity index (χ0n) is 7.28. The molecule has 5 nitrogen and oxygen atoms in total. The highest BCUT2D eigenvalue weighted by Gasteiger charge is 2.09. The number of methoxy groups -OCH3 is 1. The van der Waals surface area contributed by atoms with Gasteiger partial charge >= 0.3 is 6.16 Å². The molecule has 0 radical (unpaired) electrons. The van der Waals surface area contributed by atoms with E-state index in [-0.39, 0.29) is 6.10 Å². The number of carbonyl (C=O) groups excluding carboxylic acids is 1. The van der Waals surface area contributed by atoms with Crippen molar-refractivity contribution in [3.8, 4) is 0 Å². The van der Waals surface area contributed by atoms with E-state index in [9.17, 15) is 4.79 Å². The molecule has 1 fully saturated rings. The number of aliphatic hydroxyl groups excluding tert-OH is 1. The Hall–Kier alpha value is -0.810. The van der Waals surface area contributed by atoms with Crippen LogP contribution in [0.15, 0.2) is 0 Å². The smallest absolute Gasteiger partial charge is 0.431 e. The summed E-state index contributed by atoms with van der Waals surface area (Å²) in [6.45, 7) is 2.95. The lowest BCUT2D eigenvalue weighted by atomic mass is 10.5. The molecule has 0 aromatic heterocycles. The van der Waals surface area contributed by atoms with Crippen molar-refractivity contribution in [2.24, 2.45) is 0 Å². The minimum Gasteiger partial charge on any atom is -0.431 e. The maximum Gasteiger partial charge on any atom is 0.508 e. The third-order valence-corrected chi connectivity index (χ3v) is 0.931. The minimum atomic E-state index is -0.546. The Morgan fingerprint density at radius 1 is 1.58 bits per heavy atom. The average Bonchev–Trinajstić information content (AvgIpc) is 2.40. The monoisotopic (exact) mass is 178 g/mol. The van der Waals surface area contributed by atoms with Crippen LogP contribution in [0.1, 0.15) is 6.92 Å². The highest BCUT2D eigenvalue weighted by Crippen LogP contribution is 1.92. The Morgan fingerprint density at radius 3 is 2.17 bits per heavy atom. The van der Waals surface area contributed by atoms with E-state index in [4.69, 9.17) is 5.11 Å². The first-order chi connectivity index (χ1) is 5.66. The van der Waals surface area contributed by atoms with E-state index >= 15 is 0 Å². The summed E-state index contributed by atoms with van der Waals surface area (Å²) in [6.07, 6.45) is -0.870. The first-order valence-electron chi connectivity index (χ1n) is 3.63. The summed E-state index contributed by atoms with van der Waals surface area (Å²) in [5, 5.41) is 8.43. The van der Waals surface area contributed by atoms with Gasteiger partial charge in [0.25, 0.3) is 0 Å². The van der Waals surface area contributed by atoms with Gasteiger partial charge in [-0.1, -0.05) is 0 Å². The van der Waals surface area contributed by atoms with Crippen molar-refractivity contribution >= 4 is 6.16 Å². The van der Waals surface area contributed by atoms with Gasteiger partial charge in [0, 0.05) is 7.11 Å². The normalized spacial score (nSPS) is 17.1. The zero-order chi connectivity index (χ0) is 9.40. The van der Waals surface area contributed by atoms with Gasteiger partial charge in [-0.25, -0.2) is 4.79 Å². The predicted octanol–water partition coefficient (Wildman–Crippen LogP) is 0.167. The highest BCUT2D eigenvalue weighted by atomic mass is 16.8. The first-order valence-corrected chi connectivity index (χ1v) is 3.63. The Balaban J connectivity index is 0.000000202. The van der Waals surface area contributed by atoms with E-state index in [1.165, 1.54) is 0 Å². The van der Waals surface area contributed by atoms with E-state index < -0.39 is 6.16 Å². The van der Waals surface area contributed by atoms with E-state index in [1.807, 2.05) is 0 Å². The number of rotatable bonds is 2. The number of cyclic esters (lactones) is 2. The molecule has 0 spiro atoms. The minimum absolute atomic E-state index is 0.324. The molecule has 0 aliphatic carbocycles. The fourth-order valence-corrected chi connectivity index (χ4v) is 0.533. The average molecular weight is 178 g/mol. The van der Waals surface area contributed by atoms with Crippen molar-refractivity contribution in [1.29, 1.82) is 0 Å². The lowest BCUT2D eigenvalue weighted by molar-refractivity contribution is 0.0765. The number of ether oxygens (including phenoxy) is 3. The third kappa shape index (κ3) is 7.30. The molecule has 0 amide bonds. The molecule has 1 saturated heterocycles. The van der Waals surface area contributed by atoms with Crippen molar-refractivity contribution in [3.63, 3.8) is 0 Å². The number of aliphatic hydroxyl groups is 1.